The Labute approximate surface area is 108 Å². The maximum Gasteiger partial charge on any atom is 0.0431 e. The van der Waals surface area contributed by atoms with Crippen LogP contribution < -0.4 is 5.32 Å². The van der Waals surface area contributed by atoms with Crippen LogP contribution in [0.4, 0.5) is 0 Å². The molecule has 94 valence electrons. The van der Waals surface area contributed by atoms with Crippen molar-refractivity contribution in [1.82, 2.24) is 5.32 Å². The van der Waals surface area contributed by atoms with Crippen LogP contribution in [0, 0.1) is 0 Å². The Morgan fingerprint density at radius 2 is 1.94 bits per heavy atom. The molecule has 1 aliphatic rings. The summed E-state index contributed by atoms with van der Waals surface area (Å²) in [4.78, 5) is 1.33. The molecular weight excluding hydrogens is 230 g/mol. The zero-order valence-electron chi connectivity index (χ0n) is 10.2. The van der Waals surface area contributed by atoms with Gasteiger partial charge in [0.05, 0.1) is 0 Å². The van der Waals surface area contributed by atoms with Crippen molar-refractivity contribution in [1.29, 1.82) is 0 Å². The molecule has 1 saturated carbocycles. The van der Waals surface area contributed by atoms with Gasteiger partial charge in [0, 0.05) is 24.1 Å². The van der Waals surface area contributed by atoms with E-state index >= 15 is 0 Å². The highest BCUT2D eigenvalue weighted by Gasteiger charge is 2.19. The van der Waals surface area contributed by atoms with Crippen molar-refractivity contribution in [3.8, 4) is 0 Å². The molecule has 0 aliphatic heterocycles. The van der Waals surface area contributed by atoms with E-state index < -0.39 is 0 Å². The topological polar surface area (TPSA) is 32.3 Å². The predicted molar refractivity (Wildman–Crippen MR) is 73.3 cm³/mol. The highest BCUT2D eigenvalue weighted by atomic mass is 32.2. The Kier molecular flexibility index (Phi) is 5.36. The van der Waals surface area contributed by atoms with Gasteiger partial charge in [-0.15, -0.1) is 11.8 Å². The highest BCUT2D eigenvalue weighted by Crippen LogP contribution is 2.21. The van der Waals surface area contributed by atoms with Gasteiger partial charge in [0.25, 0.3) is 0 Å². The molecule has 0 unspecified atom stereocenters. The second-order valence-corrected chi connectivity index (χ2v) is 5.75. The van der Waals surface area contributed by atoms with Crippen LogP contribution in [0.2, 0.25) is 0 Å². The molecule has 1 aliphatic carbocycles. The molecule has 0 aromatic heterocycles. The lowest BCUT2D eigenvalue weighted by atomic mass is 10.2. The molecule has 1 aromatic rings. The number of aliphatic hydroxyl groups excluding tert-OH is 1. The molecule has 1 aromatic carbocycles. The van der Waals surface area contributed by atoms with E-state index in [1.807, 2.05) is 11.8 Å². The number of unbranched alkanes of at least 4 members (excludes halogenated alkanes) is 1. The second-order valence-electron chi connectivity index (χ2n) is 4.58. The minimum atomic E-state index is 0.312. The molecule has 0 heterocycles. The van der Waals surface area contributed by atoms with E-state index in [-0.39, 0.29) is 0 Å². The Balaban J connectivity index is 1.68. The molecule has 1 fully saturated rings. The standard InChI is InChI=1S/C14H21NOS/c16-9-1-2-10-17-14-7-3-12(4-8-14)11-15-13-5-6-13/h3-4,7-8,13,15-16H,1-2,5-6,9-11H2. The van der Waals surface area contributed by atoms with Crippen LogP contribution in [0.3, 0.4) is 0 Å². The van der Waals surface area contributed by atoms with Gasteiger partial charge < -0.3 is 10.4 Å². The van der Waals surface area contributed by atoms with Gasteiger partial charge >= 0.3 is 0 Å². The number of hydrogen-bond acceptors (Lipinski definition) is 3. The lowest BCUT2D eigenvalue weighted by molar-refractivity contribution is 0.287. The smallest absolute Gasteiger partial charge is 0.0431 e. The Bertz CT molecular complexity index is 321. The molecule has 3 heteroatoms. The first-order valence-corrected chi connectivity index (χ1v) is 7.43. The summed E-state index contributed by atoms with van der Waals surface area (Å²) < 4.78 is 0. The van der Waals surface area contributed by atoms with Gasteiger partial charge in [-0.05, 0) is 49.1 Å². The van der Waals surface area contributed by atoms with Crippen molar-refractivity contribution in [2.45, 2.75) is 43.2 Å². The molecule has 0 saturated heterocycles. The molecule has 0 bridgehead atoms. The predicted octanol–water partition coefficient (Wildman–Crippen LogP) is 2.80. The van der Waals surface area contributed by atoms with Crippen LogP contribution in [0.25, 0.3) is 0 Å². The van der Waals surface area contributed by atoms with Gasteiger partial charge in [0.2, 0.25) is 0 Å². The summed E-state index contributed by atoms with van der Waals surface area (Å²) in [6.07, 6.45) is 4.69. The van der Waals surface area contributed by atoms with Gasteiger partial charge in [0.1, 0.15) is 0 Å². The van der Waals surface area contributed by atoms with Crippen molar-refractivity contribution in [3.63, 3.8) is 0 Å². The van der Waals surface area contributed by atoms with Crippen molar-refractivity contribution in [2.24, 2.45) is 0 Å². The van der Waals surface area contributed by atoms with Crippen LogP contribution in [-0.4, -0.2) is 23.5 Å². The number of hydrogen-bond donors (Lipinski definition) is 2. The molecule has 2 rings (SSSR count). The minimum absolute atomic E-state index is 0.312. The molecule has 0 amide bonds. The monoisotopic (exact) mass is 251 g/mol. The van der Waals surface area contributed by atoms with E-state index in [1.54, 1.807) is 0 Å². The van der Waals surface area contributed by atoms with Crippen LogP contribution in [0.15, 0.2) is 29.2 Å². The summed E-state index contributed by atoms with van der Waals surface area (Å²) >= 11 is 1.87. The third kappa shape index (κ3) is 5.11. The minimum Gasteiger partial charge on any atom is -0.396 e. The Morgan fingerprint density at radius 3 is 2.59 bits per heavy atom. The number of rotatable bonds is 8. The van der Waals surface area contributed by atoms with Crippen LogP contribution in [0.1, 0.15) is 31.2 Å². The van der Waals surface area contributed by atoms with Gasteiger partial charge in [0.15, 0.2) is 0 Å². The average Bonchev–Trinajstić information content (AvgIpc) is 3.18. The number of aliphatic hydroxyl groups is 1. The normalized spacial score (nSPS) is 15.1. The third-order valence-corrected chi connectivity index (χ3v) is 4.02. The molecular formula is C14H21NOS. The van der Waals surface area contributed by atoms with Gasteiger partial charge in [-0.25, -0.2) is 0 Å². The Morgan fingerprint density at radius 1 is 1.18 bits per heavy atom. The second kappa shape index (κ2) is 7.04. The van der Waals surface area contributed by atoms with Gasteiger partial charge in [-0.3, -0.25) is 0 Å². The zero-order chi connectivity index (χ0) is 11.9. The van der Waals surface area contributed by atoms with E-state index in [0.29, 0.717) is 6.61 Å². The molecule has 2 N–H and O–H groups in total. The summed E-state index contributed by atoms with van der Waals surface area (Å²) in [5, 5.41) is 12.2. The lowest BCUT2D eigenvalue weighted by Gasteiger charge is -2.05. The lowest BCUT2D eigenvalue weighted by Crippen LogP contribution is -2.14. The number of benzene rings is 1. The first-order valence-electron chi connectivity index (χ1n) is 6.44. The maximum atomic E-state index is 8.69. The molecule has 0 atom stereocenters. The fourth-order valence-electron chi connectivity index (χ4n) is 1.66. The highest BCUT2D eigenvalue weighted by molar-refractivity contribution is 7.99. The summed E-state index contributed by atoms with van der Waals surface area (Å²) in [5.41, 5.74) is 1.37. The molecule has 17 heavy (non-hydrogen) atoms. The van der Waals surface area contributed by atoms with Crippen molar-refractivity contribution in [3.05, 3.63) is 29.8 Å². The largest absolute Gasteiger partial charge is 0.396 e. The van der Waals surface area contributed by atoms with E-state index in [2.05, 4.69) is 29.6 Å². The zero-order valence-corrected chi connectivity index (χ0v) is 11.0. The van der Waals surface area contributed by atoms with Crippen molar-refractivity contribution >= 4 is 11.8 Å². The third-order valence-electron chi connectivity index (χ3n) is 2.92. The van der Waals surface area contributed by atoms with Gasteiger partial charge in [-0.2, -0.15) is 0 Å². The summed E-state index contributed by atoms with van der Waals surface area (Å²) in [6, 6.07) is 9.61. The van der Waals surface area contributed by atoms with Crippen molar-refractivity contribution < 1.29 is 5.11 Å². The first kappa shape index (κ1) is 12.9. The fraction of sp³-hybridized carbons (Fsp3) is 0.571. The summed E-state index contributed by atoms with van der Waals surface area (Å²) in [5.74, 6) is 1.10. The van der Waals surface area contributed by atoms with Crippen LogP contribution in [0.5, 0.6) is 0 Å². The molecule has 2 nitrogen and oxygen atoms in total. The van der Waals surface area contributed by atoms with Crippen LogP contribution in [-0.2, 0) is 6.54 Å². The van der Waals surface area contributed by atoms with Gasteiger partial charge in [-0.1, -0.05) is 12.1 Å². The van der Waals surface area contributed by atoms with E-state index in [1.165, 1.54) is 23.3 Å². The average molecular weight is 251 g/mol. The first-order chi connectivity index (χ1) is 8.38. The SMILES string of the molecule is OCCCCSc1ccc(CNC2CC2)cc1. The van der Waals surface area contributed by atoms with E-state index in [0.717, 1.165) is 31.2 Å². The summed E-state index contributed by atoms with van der Waals surface area (Å²) in [6.45, 7) is 1.31. The number of nitrogens with one attached hydrogen (secondary N) is 1. The van der Waals surface area contributed by atoms with E-state index in [9.17, 15) is 0 Å². The van der Waals surface area contributed by atoms with E-state index in [4.69, 9.17) is 5.11 Å². The Hall–Kier alpha value is -0.510. The quantitative estimate of drug-likeness (QED) is 0.550. The fourth-order valence-corrected chi connectivity index (χ4v) is 2.57. The van der Waals surface area contributed by atoms with Crippen LogP contribution >= 0.6 is 11.8 Å². The molecule has 0 radical (unpaired) electrons. The van der Waals surface area contributed by atoms with Crippen molar-refractivity contribution in [2.75, 3.05) is 12.4 Å². The molecule has 0 spiro atoms. The maximum absolute atomic E-state index is 8.69. The number of thioether (sulfide) groups is 1. The summed E-state index contributed by atoms with van der Waals surface area (Å²) in [7, 11) is 0.